The normalized spacial score (nSPS) is 22.4. The molecule has 2 saturated carbocycles. The third-order valence-corrected chi connectivity index (χ3v) is 10.1. The van der Waals surface area contributed by atoms with Crippen LogP contribution < -0.4 is 15.4 Å². The number of anilines is 1. The summed E-state index contributed by atoms with van der Waals surface area (Å²) in [4.78, 5) is 37.6. The summed E-state index contributed by atoms with van der Waals surface area (Å²) in [5, 5.41) is 15.5. The first-order valence-corrected chi connectivity index (χ1v) is 15.0. The molecule has 4 rings (SSSR count). The largest absolute Gasteiger partial charge is 0.480 e. The lowest BCUT2D eigenvalue weighted by Gasteiger charge is -2.36. The van der Waals surface area contributed by atoms with Crippen LogP contribution in [0.15, 0.2) is 48.5 Å². The summed E-state index contributed by atoms with van der Waals surface area (Å²) in [6.07, 6.45) is 2.20. The molecule has 10 heteroatoms. The van der Waals surface area contributed by atoms with Crippen LogP contribution in [-0.4, -0.2) is 49.6 Å². The minimum Gasteiger partial charge on any atom is -0.480 e. The summed E-state index contributed by atoms with van der Waals surface area (Å²) in [6.45, 7) is 6.27. The van der Waals surface area contributed by atoms with Crippen LogP contribution in [0.25, 0.3) is 11.1 Å². The van der Waals surface area contributed by atoms with Gasteiger partial charge < -0.3 is 15.7 Å². The number of nitrogens with one attached hydrogen (secondary N) is 3. The van der Waals surface area contributed by atoms with E-state index in [-0.39, 0.29) is 18.1 Å². The fourth-order valence-corrected chi connectivity index (χ4v) is 8.20. The van der Waals surface area contributed by atoms with Gasteiger partial charge in [0.05, 0.1) is 5.75 Å². The molecular formula is C29H37N3O6S. The molecule has 2 aliphatic carbocycles. The first-order valence-electron chi connectivity index (χ1n) is 13.4. The molecule has 2 bridgehead atoms. The highest BCUT2D eigenvalue weighted by molar-refractivity contribution is 7.89. The molecule has 0 heterocycles. The van der Waals surface area contributed by atoms with Crippen LogP contribution in [0, 0.1) is 16.7 Å². The fourth-order valence-electron chi connectivity index (χ4n) is 6.18. The number of carbonyl (C=O) groups excluding carboxylic acids is 2. The number of rotatable bonds is 11. The molecule has 210 valence electrons. The monoisotopic (exact) mass is 555 g/mol. The number of benzene rings is 2. The smallest absolute Gasteiger partial charge is 0.322 e. The van der Waals surface area contributed by atoms with Gasteiger partial charge in [-0.3, -0.25) is 9.59 Å². The number of aliphatic carboxylic acids is 1. The van der Waals surface area contributed by atoms with E-state index in [0.717, 1.165) is 24.0 Å². The highest BCUT2D eigenvalue weighted by atomic mass is 32.2. The summed E-state index contributed by atoms with van der Waals surface area (Å²) in [6, 6.07) is 12.9. The molecular weight excluding hydrogens is 518 g/mol. The Hall–Kier alpha value is -3.24. The second-order valence-corrected chi connectivity index (χ2v) is 13.0. The van der Waals surface area contributed by atoms with Crippen LogP contribution >= 0.6 is 0 Å². The van der Waals surface area contributed by atoms with Crippen molar-refractivity contribution in [1.82, 2.24) is 10.0 Å². The molecule has 0 spiro atoms. The lowest BCUT2D eigenvalue weighted by Crippen LogP contribution is -2.49. The van der Waals surface area contributed by atoms with E-state index in [2.05, 4.69) is 15.4 Å². The van der Waals surface area contributed by atoms with Gasteiger partial charge in [-0.25, -0.2) is 17.9 Å². The Balaban J connectivity index is 1.59. The molecule has 2 aromatic rings. The maximum Gasteiger partial charge on any atom is 0.322 e. The van der Waals surface area contributed by atoms with Gasteiger partial charge in [0, 0.05) is 30.5 Å². The van der Waals surface area contributed by atoms with E-state index >= 15 is 0 Å². The molecule has 2 fully saturated rings. The number of hydrogen-bond donors (Lipinski definition) is 4. The third kappa shape index (κ3) is 5.86. The number of Topliss-reactive ketones (excluding diaryl/α,β-unsaturated/α-hetero) is 1. The number of urea groups is 1. The van der Waals surface area contributed by atoms with E-state index in [1.807, 2.05) is 57.2 Å². The Morgan fingerprint density at radius 1 is 1.10 bits per heavy atom. The molecule has 4 N–H and O–H groups in total. The van der Waals surface area contributed by atoms with Crippen molar-refractivity contribution in [2.45, 2.75) is 58.9 Å². The first kappa shape index (κ1) is 28.8. The molecule has 0 aliphatic heterocycles. The zero-order chi connectivity index (χ0) is 28.4. The molecule has 0 aromatic heterocycles. The van der Waals surface area contributed by atoms with Gasteiger partial charge in [-0.15, -0.1) is 0 Å². The van der Waals surface area contributed by atoms with E-state index in [9.17, 15) is 27.9 Å². The maximum atomic E-state index is 13.3. The van der Waals surface area contributed by atoms with Crippen molar-refractivity contribution in [2.24, 2.45) is 16.7 Å². The number of carboxylic acids is 1. The van der Waals surface area contributed by atoms with Crippen molar-refractivity contribution in [3.63, 3.8) is 0 Å². The molecule has 2 aliphatic rings. The van der Waals surface area contributed by atoms with Gasteiger partial charge in [0.15, 0.2) is 0 Å². The zero-order valence-electron chi connectivity index (χ0n) is 22.6. The van der Waals surface area contributed by atoms with Crippen LogP contribution in [0.5, 0.6) is 0 Å². The van der Waals surface area contributed by atoms with Gasteiger partial charge >= 0.3 is 12.0 Å². The van der Waals surface area contributed by atoms with Crippen LogP contribution in [-0.2, 0) is 26.0 Å². The highest BCUT2D eigenvalue weighted by Crippen LogP contribution is 2.64. The fraction of sp³-hybridized carbons (Fsp3) is 0.483. The minimum atomic E-state index is -4.13. The standard InChI is InChI=1S/C29H37N3O6S/c1-4-14-30-27(36)31-23-15-20(19-8-6-5-7-9-19)10-11-21(23)16-24(26(34)35)32-39(37,38)18-29-13-12-22(17-25(29)33)28(29,2)3/h5-11,15,22,24,32H,4,12-14,16-18H2,1-3H3,(H,34,35)(H2,30,31,36)/t22?,24-,29+/m0/s1. The van der Waals surface area contributed by atoms with E-state index < -0.39 is 44.6 Å². The molecule has 0 radical (unpaired) electrons. The Bertz CT molecular complexity index is 1360. The second-order valence-electron chi connectivity index (χ2n) is 11.3. The van der Waals surface area contributed by atoms with Crippen molar-refractivity contribution in [1.29, 1.82) is 0 Å². The topological polar surface area (TPSA) is 142 Å². The number of amides is 2. The molecule has 9 nitrogen and oxygen atoms in total. The minimum absolute atomic E-state index is 0.0536. The highest BCUT2D eigenvalue weighted by Gasteiger charge is 2.65. The summed E-state index contributed by atoms with van der Waals surface area (Å²) in [7, 11) is -4.13. The lowest BCUT2D eigenvalue weighted by atomic mass is 9.70. The van der Waals surface area contributed by atoms with Crippen LogP contribution in [0.3, 0.4) is 0 Å². The van der Waals surface area contributed by atoms with Gasteiger partial charge in [-0.2, -0.15) is 0 Å². The zero-order valence-corrected chi connectivity index (χ0v) is 23.4. The average Bonchev–Trinajstić information content (AvgIpc) is 3.22. The van der Waals surface area contributed by atoms with Gasteiger partial charge in [-0.05, 0) is 53.4 Å². The Kier molecular flexibility index (Phi) is 8.18. The van der Waals surface area contributed by atoms with E-state index in [1.54, 1.807) is 12.1 Å². The van der Waals surface area contributed by atoms with E-state index in [4.69, 9.17) is 0 Å². The average molecular weight is 556 g/mol. The number of hydrogen-bond acceptors (Lipinski definition) is 5. The van der Waals surface area contributed by atoms with Crippen molar-refractivity contribution < 1.29 is 27.9 Å². The van der Waals surface area contributed by atoms with Crippen LogP contribution in [0.4, 0.5) is 10.5 Å². The Morgan fingerprint density at radius 2 is 1.82 bits per heavy atom. The molecule has 1 unspecified atom stereocenters. The second kappa shape index (κ2) is 11.1. The SMILES string of the molecule is CCCNC(=O)Nc1cc(-c2ccccc2)ccc1C[C@H](NS(=O)(=O)C[C@]12CCC(CC1=O)C2(C)C)C(=O)O. The number of ketones is 1. The molecule has 0 saturated heterocycles. The van der Waals surface area contributed by atoms with Crippen molar-refractivity contribution in [2.75, 3.05) is 17.6 Å². The van der Waals surface area contributed by atoms with Gasteiger partial charge in [-0.1, -0.05) is 63.2 Å². The van der Waals surface area contributed by atoms with Gasteiger partial charge in [0.1, 0.15) is 11.8 Å². The summed E-state index contributed by atoms with van der Waals surface area (Å²) in [5.41, 5.74) is 1.11. The lowest BCUT2D eigenvalue weighted by molar-refractivity contribution is -0.138. The Labute approximate surface area is 229 Å². The molecule has 39 heavy (non-hydrogen) atoms. The predicted octanol–water partition coefficient (Wildman–Crippen LogP) is 4.20. The summed E-state index contributed by atoms with van der Waals surface area (Å²) in [5.74, 6) is -1.68. The van der Waals surface area contributed by atoms with Gasteiger partial charge in [0.2, 0.25) is 10.0 Å². The number of sulfonamides is 1. The van der Waals surface area contributed by atoms with Crippen LogP contribution in [0.1, 0.15) is 52.0 Å². The van der Waals surface area contributed by atoms with Gasteiger partial charge in [0.25, 0.3) is 0 Å². The quantitative estimate of drug-likeness (QED) is 0.328. The number of carbonyl (C=O) groups is 3. The first-order chi connectivity index (χ1) is 18.4. The molecule has 2 aromatic carbocycles. The third-order valence-electron chi connectivity index (χ3n) is 8.62. The van der Waals surface area contributed by atoms with Crippen molar-refractivity contribution in [3.05, 3.63) is 54.1 Å². The Morgan fingerprint density at radius 3 is 2.41 bits per heavy atom. The molecule has 2 amide bonds. The van der Waals surface area contributed by atoms with Crippen molar-refractivity contribution in [3.8, 4) is 11.1 Å². The van der Waals surface area contributed by atoms with E-state index in [0.29, 0.717) is 30.6 Å². The maximum absolute atomic E-state index is 13.3. The van der Waals surface area contributed by atoms with Crippen molar-refractivity contribution >= 4 is 33.5 Å². The summed E-state index contributed by atoms with van der Waals surface area (Å²) >= 11 is 0. The van der Waals surface area contributed by atoms with Crippen LogP contribution in [0.2, 0.25) is 0 Å². The summed E-state index contributed by atoms with van der Waals surface area (Å²) < 4.78 is 29.0. The molecule has 3 atom stereocenters. The number of carboxylic acid groups (broad SMARTS) is 1. The predicted molar refractivity (Wildman–Crippen MR) is 150 cm³/mol. The van der Waals surface area contributed by atoms with E-state index in [1.165, 1.54) is 0 Å². The number of fused-ring (bicyclic) bond motifs is 2.